The van der Waals surface area contributed by atoms with Crippen LogP contribution in [0.25, 0.3) is 10.9 Å². The zero-order chi connectivity index (χ0) is 18.9. The van der Waals surface area contributed by atoms with Crippen LogP contribution in [-0.4, -0.2) is 42.3 Å². The molecule has 1 atom stereocenters. The lowest BCUT2D eigenvalue weighted by Gasteiger charge is -2.20. The largest absolute Gasteiger partial charge is 0.497 e. The number of nitrogens with one attached hydrogen (secondary N) is 3. The van der Waals surface area contributed by atoms with Gasteiger partial charge in [-0.15, -0.1) is 0 Å². The van der Waals surface area contributed by atoms with Crippen molar-refractivity contribution < 1.29 is 19.1 Å². The molecule has 7 heteroatoms. The van der Waals surface area contributed by atoms with Crippen LogP contribution in [0, 0.1) is 0 Å². The molecule has 0 radical (unpaired) electrons. The van der Waals surface area contributed by atoms with Crippen LogP contribution in [0.3, 0.4) is 0 Å². The highest BCUT2D eigenvalue weighted by atomic mass is 16.6. The fourth-order valence-corrected chi connectivity index (χ4v) is 3.23. The number of hydrogen-bond donors (Lipinski definition) is 3. The molecule has 1 aromatic carbocycles. The normalized spacial score (nSPS) is 16.2. The highest BCUT2D eigenvalue weighted by molar-refractivity contribution is 5.87. The number of benzene rings is 1. The number of hydrogen-bond acceptors (Lipinski definition) is 4. The first-order valence-electron chi connectivity index (χ1n) is 8.69. The van der Waals surface area contributed by atoms with Gasteiger partial charge in [0.05, 0.1) is 7.11 Å². The average molecular weight is 359 g/mol. The molecule has 0 spiro atoms. The van der Waals surface area contributed by atoms with E-state index >= 15 is 0 Å². The minimum absolute atomic E-state index is 0.0137. The third-order valence-corrected chi connectivity index (χ3v) is 4.26. The molecule has 2 amide bonds. The van der Waals surface area contributed by atoms with Gasteiger partial charge in [0, 0.05) is 29.1 Å². The zero-order valence-electron chi connectivity index (χ0n) is 15.6. The number of aromatic nitrogens is 1. The van der Waals surface area contributed by atoms with E-state index in [0.29, 0.717) is 0 Å². The summed E-state index contributed by atoms with van der Waals surface area (Å²) in [6.45, 7) is 5.22. The van der Waals surface area contributed by atoms with E-state index in [9.17, 15) is 9.59 Å². The number of fused-ring (bicyclic) bond motifs is 3. The van der Waals surface area contributed by atoms with E-state index in [1.54, 1.807) is 27.9 Å². The number of aromatic amines is 1. The quantitative estimate of drug-likeness (QED) is 0.781. The molecule has 140 valence electrons. The van der Waals surface area contributed by atoms with Crippen LogP contribution in [0.1, 0.15) is 32.0 Å². The molecular weight excluding hydrogens is 334 g/mol. The van der Waals surface area contributed by atoms with E-state index in [-0.39, 0.29) is 18.5 Å². The Bertz CT molecular complexity index is 835. The van der Waals surface area contributed by atoms with Crippen LogP contribution in [-0.2, 0) is 22.4 Å². The van der Waals surface area contributed by atoms with Crippen molar-refractivity contribution in [1.82, 2.24) is 15.6 Å². The van der Waals surface area contributed by atoms with Gasteiger partial charge in [0.25, 0.3) is 0 Å². The molecule has 26 heavy (non-hydrogen) atoms. The first-order valence-corrected chi connectivity index (χ1v) is 8.69. The summed E-state index contributed by atoms with van der Waals surface area (Å²) in [5.74, 6) is 0.584. The Morgan fingerprint density at radius 3 is 2.73 bits per heavy atom. The fraction of sp³-hybridized carbons (Fsp3) is 0.474. The summed E-state index contributed by atoms with van der Waals surface area (Å²) in [6.07, 6.45) is 0.896. The van der Waals surface area contributed by atoms with Crippen LogP contribution < -0.4 is 15.4 Å². The molecule has 0 aliphatic heterocycles. The Kier molecular flexibility index (Phi) is 4.80. The van der Waals surface area contributed by atoms with Crippen LogP contribution in [0.15, 0.2) is 18.2 Å². The van der Waals surface area contributed by atoms with Crippen molar-refractivity contribution in [1.29, 1.82) is 0 Å². The Morgan fingerprint density at radius 2 is 2.04 bits per heavy atom. The number of carbonyl (C=O) groups excluding carboxylic acids is 2. The number of carbonyl (C=O) groups is 2. The van der Waals surface area contributed by atoms with E-state index < -0.39 is 11.7 Å². The standard InChI is InChI=1S/C19H25N3O4/c1-19(2,3)26-18(24)20-10-17(23)21-11-7-13-14-9-12(25-4)5-6-15(14)22-16(13)8-11/h5-6,9,11,22H,7-8,10H2,1-4H3,(H,20,24)(H,21,23). The van der Waals surface area contributed by atoms with Crippen molar-refractivity contribution in [2.24, 2.45) is 0 Å². The Hall–Kier alpha value is -2.70. The van der Waals surface area contributed by atoms with Crippen LogP contribution >= 0.6 is 0 Å². The molecule has 0 bridgehead atoms. The second-order valence-corrected chi connectivity index (χ2v) is 7.52. The van der Waals surface area contributed by atoms with Crippen molar-refractivity contribution in [2.45, 2.75) is 45.3 Å². The smallest absolute Gasteiger partial charge is 0.408 e. The summed E-state index contributed by atoms with van der Waals surface area (Å²) in [7, 11) is 1.65. The second kappa shape index (κ2) is 6.90. The lowest BCUT2D eigenvalue weighted by Crippen LogP contribution is -2.43. The number of rotatable bonds is 4. The molecule has 2 aromatic rings. The third-order valence-electron chi connectivity index (χ3n) is 4.26. The van der Waals surface area contributed by atoms with Gasteiger partial charge in [-0.05, 0) is 51.0 Å². The monoisotopic (exact) mass is 359 g/mol. The average Bonchev–Trinajstić information content (AvgIpc) is 3.08. The first-order chi connectivity index (χ1) is 12.2. The number of ether oxygens (including phenoxy) is 2. The van der Waals surface area contributed by atoms with Gasteiger partial charge in [0.1, 0.15) is 17.9 Å². The van der Waals surface area contributed by atoms with Crippen molar-refractivity contribution in [3.63, 3.8) is 0 Å². The molecule has 7 nitrogen and oxygen atoms in total. The fourth-order valence-electron chi connectivity index (χ4n) is 3.23. The van der Waals surface area contributed by atoms with E-state index in [1.807, 2.05) is 18.2 Å². The summed E-state index contributed by atoms with van der Waals surface area (Å²) in [6, 6.07) is 5.96. The number of alkyl carbamates (subject to hydrolysis) is 1. The molecule has 1 aliphatic rings. The second-order valence-electron chi connectivity index (χ2n) is 7.52. The van der Waals surface area contributed by atoms with Crippen LogP contribution in [0.2, 0.25) is 0 Å². The third kappa shape index (κ3) is 4.09. The molecular formula is C19H25N3O4. The lowest BCUT2D eigenvalue weighted by molar-refractivity contribution is -0.120. The minimum atomic E-state index is -0.595. The topological polar surface area (TPSA) is 92.5 Å². The maximum absolute atomic E-state index is 12.1. The predicted octanol–water partition coefficient (Wildman–Crippen LogP) is 2.28. The van der Waals surface area contributed by atoms with Crippen molar-refractivity contribution in [3.8, 4) is 5.75 Å². The molecule has 3 N–H and O–H groups in total. The van der Waals surface area contributed by atoms with Crippen molar-refractivity contribution >= 4 is 22.9 Å². The van der Waals surface area contributed by atoms with Gasteiger partial charge in [-0.2, -0.15) is 0 Å². The van der Waals surface area contributed by atoms with E-state index in [1.165, 1.54) is 5.56 Å². The van der Waals surface area contributed by atoms with E-state index in [4.69, 9.17) is 9.47 Å². The number of methoxy groups -OCH3 is 1. The Morgan fingerprint density at radius 1 is 1.27 bits per heavy atom. The van der Waals surface area contributed by atoms with E-state index in [0.717, 1.165) is 35.2 Å². The van der Waals surface area contributed by atoms with Crippen LogP contribution in [0.4, 0.5) is 4.79 Å². The molecule has 1 aliphatic carbocycles. The van der Waals surface area contributed by atoms with Crippen LogP contribution in [0.5, 0.6) is 5.75 Å². The maximum Gasteiger partial charge on any atom is 0.408 e. The lowest BCUT2D eigenvalue weighted by atomic mass is 10.1. The predicted molar refractivity (Wildman–Crippen MR) is 98.4 cm³/mol. The molecule has 1 heterocycles. The van der Waals surface area contributed by atoms with Gasteiger partial charge < -0.3 is 25.1 Å². The SMILES string of the molecule is COc1ccc2[nH]c3c(c2c1)CC(NC(=O)CNC(=O)OC(C)(C)C)C3. The summed E-state index contributed by atoms with van der Waals surface area (Å²) in [4.78, 5) is 27.1. The molecule has 1 unspecified atom stereocenters. The van der Waals surface area contributed by atoms with Gasteiger partial charge in [-0.3, -0.25) is 4.79 Å². The minimum Gasteiger partial charge on any atom is -0.497 e. The van der Waals surface area contributed by atoms with Gasteiger partial charge in [0.2, 0.25) is 5.91 Å². The van der Waals surface area contributed by atoms with Gasteiger partial charge >= 0.3 is 6.09 Å². The first kappa shape index (κ1) is 18.1. The Balaban J connectivity index is 1.55. The Labute approximate surface area is 152 Å². The van der Waals surface area contributed by atoms with Gasteiger partial charge in [-0.1, -0.05) is 0 Å². The zero-order valence-corrected chi connectivity index (χ0v) is 15.6. The molecule has 3 rings (SSSR count). The molecule has 0 saturated heterocycles. The van der Waals surface area contributed by atoms with Gasteiger partial charge in [0.15, 0.2) is 0 Å². The summed E-state index contributed by atoms with van der Waals surface area (Å²) in [5, 5.41) is 6.57. The molecule has 0 saturated carbocycles. The highest BCUT2D eigenvalue weighted by Crippen LogP contribution is 2.32. The molecule has 1 aromatic heterocycles. The van der Waals surface area contributed by atoms with Crippen molar-refractivity contribution in [3.05, 3.63) is 29.5 Å². The number of amides is 2. The summed E-state index contributed by atoms with van der Waals surface area (Å²) < 4.78 is 10.4. The highest BCUT2D eigenvalue weighted by Gasteiger charge is 2.27. The maximum atomic E-state index is 12.1. The molecule has 0 fully saturated rings. The van der Waals surface area contributed by atoms with Crippen molar-refractivity contribution in [2.75, 3.05) is 13.7 Å². The summed E-state index contributed by atoms with van der Waals surface area (Å²) in [5.41, 5.74) is 2.84. The van der Waals surface area contributed by atoms with E-state index in [2.05, 4.69) is 15.6 Å². The van der Waals surface area contributed by atoms with Gasteiger partial charge in [-0.25, -0.2) is 4.79 Å². The summed E-state index contributed by atoms with van der Waals surface area (Å²) >= 11 is 0. The number of H-pyrrole nitrogens is 1.